The van der Waals surface area contributed by atoms with Gasteiger partial charge in [-0.25, -0.2) is 0 Å². The zero-order chi connectivity index (χ0) is 11.4. The Bertz CT molecular complexity index is 392. The van der Waals surface area contributed by atoms with Gasteiger partial charge in [0, 0.05) is 17.0 Å². The van der Waals surface area contributed by atoms with Gasteiger partial charge in [0.05, 0.1) is 0 Å². The van der Waals surface area contributed by atoms with Crippen molar-refractivity contribution in [2.45, 2.75) is 25.7 Å². The number of benzene rings is 1. The molecule has 0 heterocycles. The molecule has 2 heteroatoms. The van der Waals surface area contributed by atoms with E-state index in [2.05, 4.69) is 12.2 Å². The summed E-state index contributed by atoms with van der Waals surface area (Å²) < 4.78 is 0. The van der Waals surface area contributed by atoms with Gasteiger partial charge in [-0.2, -0.15) is 0 Å². The first-order valence-corrected chi connectivity index (χ1v) is 6.09. The van der Waals surface area contributed by atoms with Crippen LogP contribution in [0.1, 0.15) is 36.0 Å². The second-order valence-corrected chi connectivity index (χ2v) is 4.69. The summed E-state index contributed by atoms with van der Waals surface area (Å²) in [4.78, 5) is 11.9. The fourth-order valence-corrected chi connectivity index (χ4v) is 2.17. The third kappa shape index (κ3) is 2.96. The molecule has 1 unspecified atom stereocenters. The summed E-state index contributed by atoms with van der Waals surface area (Å²) >= 11 is 5.79. The minimum Gasteiger partial charge on any atom is -0.294 e. The molecule has 0 spiro atoms. The van der Waals surface area contributed by atoms with E-state index in [1.807, 2.05) is 0 Å². The lowest BCUT2D eigenvalue weighted by Gasteiger charge is -2.15. The van der Waals surface area contributed by atoms with Crippen LogP contribution < -0.4 is 0 Å². The Hall–Kier alpha value is -1.08. The molecule has 0 fully saturated rings. The van der Waals surface area contributed by atoms with Crippen LogP contribution in [0.2, 0.25) is 5.02 Å². The average molecular weight is 235 g/mol. The zero-order valence-electron chi connectivity index (χ0n) is 9.16. The summed E-state index contributed by atoms with van der Waals surface area (Å²) in [5.41, 5.74) is 0.767. The number of carbonyl (C=O) groups is 1. The topological polar surface area (TPSA) is 17.1 Å². The van der Waals surface area contributed by atoms with E-state index >= 15 is 0 Å². The van der Waals surface area contributed by atoms with Gasteiger partial charge in [-0.3, -0.25) is 4.79 Å². The van der Waals surface area contributed by atoms with Gasteiger partial charge in [0.15, 0.2) is 5.78 Å². The highest BCUT2D eigenvalue weighted by molar-refractivity contribution is 6.30. The van der Waals surface area contributed by atoms with Crippen LogP contribution in [0.15, 0.2) is 36.4 Å². The number of rotatable bonds is 3. The maximum absolute atomic E-state index is 11.9. The fourth-order valence-electron chi connectivity index (χ4n) is 2.04. The monoisotopic (exact) mass is 234 g/mol. The van der Waals surface area contributed by atoms with Gasteiger partial charge in [0.25, 0.3) is 0 Å². The Kier molecular flexibility index (Phi) is 3.79. The Morgan fingerprint density at radius 1 is 1.31 bits per heavy atom. The van der Waals surface area contributed by atoms with Gasteiger partial charge >= 0.3 is 0 Å². The number of halogens is 1. The quantitative estimate of drug-likeness (QED) is 0.564. The molecule has 1 aromatic carbocycles. The van der Waals surface area contributed by atoms with Gasteiger partial charge in [0.2, 0.25) is 0 Å². The maximum atomic E-state index is 11.9. The molecule has 0 bridgehead atoms. The summed E-state index contributed by atoms with van der Waals surface area (Å²) in [6.45, 7) is 0. The van der Waals surface area contributed by atoms with Crippen molar-refractivity contribution in [1.82, 2.24) is 0 Å². The lowest BCUT2D eigenvalue weighted by atomic mass is 9.90. The molecule has 2 rings (SSSR count). The van der Waals surface area contributed by atoms with E-state index in [1.54, 1.807) is 24.3 Å². The van der Waals surface area contributed by atoms with E-state index in [-0.39, 0.29) is 5.78 Å². The summed E-state index contributed by atoms with van der Waals surface area (Å²) in [5.74, 6) is 0.644. The van der Waals surface area contributed by atoms with Gasteiger partial charge in [-0.15, -0.1) is 0 Å². The number of Topliss-reactive ketones (excluding diaryl/α,β-unsaturated/α-hetero) is 1. The molecule has 0 amide bonds. The minimum atomic E-state index is 0.216. The zero-order valence-corrected chi connectivity index (χ0v) is 9.91. The van der Waals surface area contributed by atoms with Crippen molar-refractivity contribution >= 4 is 17.4 Å². The minimum absolute atomic E-state index is 0.216. The van der Waals surface area contributed by atoms with E-state index < -0.39 is 0 Å². The Labute approximate surface area is 101 Å². The van der Waals surface area contributed by atoms with Crippen LogP contribution in [-0.2, 0) is 0 Å². The van der Waals surface area contributed by atoms with Gasteiger partial charge in [-0.05, 0) is 49.4 Å². The molecular weight excluding hydrogens is 220 g/mol. The highest BCUT2D eigenvalue weighted by atomic mass is 35.5. The Balaban J connectivity index is 1.99. The van der Waals surface area contributed by atoms with Crippen LogP contribution in [-0.4, -0.2) is 5.78 Å². The molecule has 0 aromatic heterocycles. The number of carbonyl (C=O) groups excluding carboxylic acids is 1. The lowest BCUT2D eigenvalue weighted by Crippen LogP contribution is -2.08. The predicted octanol–water partition coefficient (Wildman–Crippen LogP) is 4.27. The predicted molar refractivity (Wildman–Crippen MR) is 66.9 cm³/mol. The van der Waals surface area contributed by atoms with Crippen LogP contribution in [0, 0.1) is 5.92 Å². The molecule has 1 atom stereocenters. The summed E-state index contributed by atoms with van der Waals surface area (Å²) in [7, 11) is 0. The van der Waals surface area contributed by atoms with Gasteiger partial charge in [0.1, 0.15) is 0 Å². The molecular formula is C14H15ClO. The third-order valence-electron chi connectivity index (χ3n) is 2.97. The van der Waals surface area contributed by atoms with E-state index in [9.17, 15) is 4.79 Å². The molecule has 0 N–H and O–H groups in total. The van der Waals surface area contributed by atoms with Crippen molar-refractivity contribution in [2.24, 2.45) is 5.92 Å². The molecule has 1 aliphatic rings. The number of allylic oxidation sites excluding steroid dienone is 2. The maximum Gasteiger partial charge on any atom is 0.163 e. The molecule has 84 valence electrons. The van der Waals surface area contributed by atoms with Crippen molar-refractivity contribution in [1.29, 1.82) is 0 Å². The number of hydrogen-bond donors (Lipinski definition) is 0. The first-order chi connectivity index (χ1) is 7.75. The third-order valence-corrected chi connectivity index (χ3v) is 3.22. The summed E-state index contributed by atoms with van der Waals surface area (Å²) in [5, 5.41) is 0.675. The summed E-state index contributed by atoms with van der Waals surface area (Å²) in [6, 6.07) is 7.14. The first kappa shape index (κ1) is 11.4. The van der Waals surface area contributed by atoms with Crippen molar-refractivity contribution in [3.63, 3.8) is 0 Å². The number of ketones is 1. The molecule has 16 heavy (non-hydrogen) atoms. The Morgan fingerprint density at radius 2 is 2.06 bits per heavy atom. The first-order valence-electron chi connectivity index (χ1n) is 5.71. The largest absolute Gasteiger partial charge is 0.294 e. The van der Waals surface area contributed by atoms with Crippen molar-refractivity contribution in [2.75, 3.05) is 0 Å². The van der Waals surface area contributed by atoms with Crippen molar-refractivity contribution in [3.05, 3.63) is 47.0 Å². The molecule has 1 nitrogen and oxygen atoms in total. The van der Waals surface area contributed by atoms with Crippen LogP contribution in [0.25, 0.3) is 0 Å². The van der Waals surface area contributed by atoms with E-state index in [0.717, 1.165) is 18.4 Å². The second-order valence-electron chi connectivity index (χ2n) is 4.25. The van der Waals surface area contributed by atoms with Crippen molar-refractivity contribution in [3.8, 4) is 0 Å². The van der Waals surface area contributed by atoms with Gasteiger partial charge < -0.3 is 0 Å². The SMILES string of the molecule is O=C(CC1C=CCCC1)c1ccc(Cl)cc1. The number of hydrogen-bond acceptors (Lipinski definition) is 1. The lowest BCUT2D eigenvalue weighted by molar-refractivity contribution is 0.0966. The second kappa shape index (κ2) is 5.31. The van der Waals surface area contributed by atoms with Gasteiger partial charge in [-0.1, -0.05) is 23.8 Å². The highest BCUT2D eigenvalue weighted by Crippen LogP contribution is 2.22. The molecule has 0 radical (unpaired) electrons. The average Bonchev–Trinajstić information content (AvgIpc) is 2.31. The standard InChI is InChI=1S/C14H15ClO/c15-13-8-6-12(7-9-13)14(16)10-11-4-2-1-3-5-11/h2,4,6-9,11H,1,3,5,10H2. The Morgan fingerprint density at radius 3 is 2.69 bits per heavy atom. The van der Waals surface area contributed by atoms with Crippen LogP contribution in [0.4, 0.5) is 0 Å². The molecule has 1 aliphatic carbocycles. The molecule has 0 saturated heterocycles. The fraction of sp³-hybridized carbons (Fsp3) is 0.357. The summed E-state index contributed by atoms with van der Waals surface area (Å²) in [6.07, 6.45) is 8.48. The molecule has 1 aromatic rings. The van der Waals surface area contributed by atoms with Crippen LogP contribution in [0.5, 0.6) is 0 Å². The van der Waals surface area contributed by atoms with Crippen LogP contribution >= 0.6 is 11.6 Å². The van der Waals surface area contributed by atoms with Crippen molar-refractivity contribution < 1.29 is 4.79 Å². The molecule has 0 saturated carbocycles. The van der Waals surface area contributed by atoms with E-state index in [4.69, 9.17) is 11.6 Å². The highest BCUT2D eigenvalue weighted by Gasteiger charge is 2.14. The normalized spacial score (nSPS) is 19.7. The van der Waals surface area contributed by atoms with E-state index in [0.29, 0.717) is 17.4 Å². The smallest absolute Gasteiger partial charge is 0.163 e. The van der Waals surface area contributed by atoms with E-state index in [1.165, 1.54) is 6.42 Å². The molecule has 0 aliphatic heterocycles. The van der Waals surface area contributed by atoms with Crippen LogP contribution in [0.3, 0.4) is 0 Å².